The van der Waals surface area contributed by atoms with E-state index in [1.807, 2.05) is 56.3 Å². The number of H-pyrrole nitrogens is 1. The van der Waals surface area contributed by atoms with E-state index in [0.29, 0.717) is 22.7 Å². The van der Waals surface area contributed by atoms with Crippen LogP contribution in [0.4, 0.5) is 10.1 Å². The normalized spacial score (nSPS) is 11.5. The molecule has 2 aromatic carbocycles. The van der Waals surface area contributed by atoms with Crippen molar-refractivity contribution >= 4 is 33.5 Å². The molecule has 0 atom stereocenters. The van der Waals surface area contributed by atoms with Gasteiger partial charge in [0, 0.05) is 40.2 Å². The summed E-state index contributed by atoms with van der Waals surface area (Å²) in [6, 6.07) is 18.1. The van der Waals surface area contributed by atoms with E-state index in [9.17, 15) is 9.18 Å². The van der Waals surface area contributed by atoms with Crippen LogP contribution in [0.15, 0.2) is 79.3 Å². The Kier molecular flexibility index (Phi) is 5.60. The van der Waals surface area contributed by atoms with Crippen molar-refractivity contribution in [2.45, 2.75) is 13.8 Å². The Labute approximate surface area is 217 Å². The highest BCUT2D eigenvalue weighted by atomic mass is 19.1. The molecule has 0 radical (unpaired) electrons. The van der Waals surface area contributed by atoms with Crippen LogP contribution in [0.1, 0.15) is 13.8 Å². The molecular formula is C29H24FN7O. The van der Waals surface area contributed by atoms with Crippen molar-refractivity contribution in [1.82, 2.24) is 24.8 Å². The van der Waals surface area contributed by atoms with Gasteiger partial charge < -0.3 is 11.2 Å². The van der Waals surface area contributed by atoms with Crippen molar-refractivity contribution in [2.24, 2.45) is 5.92 Å². The van der Waals surface area contributed by atoms with E-state index in [-0.39, 0.29) is 17.6 Å². The number of nitrogens with zero attached hydrogens (tertiary/aromatic N) is 4. The number of nitrogen functional groups attached to an aromatic ring is 1. The maximum Gasteiger partial charge on any atom is 0.226 e. The van der Waals surface area contributed by atoms with Gasteiger partial charge in [0.25, 0.3) is 0 Å². The average Bonchev–Trinajstić information content (AvgIpc) is 3.49. The number of halogens is 1. The number of carbonyl (C=O) groups is 1. The van der Waals surface area contributed by atoms with Gasteiger partial charge in [-0.1, -0.05) is 38.1 Å². The van der Waals surface area contributed by atoms with Crippen LogP contribution >= 0.6 is 0 Å². The first-order valence-corrected chi connectivity index (χ1v) is 12.2. The first-order chi connectivity index (χ1) is 18.4. The zero-order chi connectivity index (χ0) is 26.4. The Morgan fingerprint density at radius 2 is 1.79 bits per heavy atom. The molecule has 4 N–H and O–H groups in total. The van der Waals surface area contributed by atoms with Crippen molar-refractivity contribution in [3.63, 3.8) is 0 Å². The summed E-state index contributed by atoms with van der Waals surface area (Å²) in [4.78, 5) is 21.0. The van der Waals surface area contributed by atoms with Gasteiger partial charge in [-0.25, -0.2) is 9.37 Å². The topological polar surface area (TPSA) is 115 Å². The van der Waals surface area contributed by atoms with Crippen molar-refractivity contribution in [3.8, 4) is 33.6 Å². The van der Waals surface area contributed by atoms with Gasteiger partial charge in [0.15, 0.2) is 5.65 Å². The molecule has 9 heteroatoms. The highest BCUT2D eigenvalue weighted by molar-refractivity contribution is 6.02. The predicted molar refractivity (Wildman–Crippen MR) is 147 cm³/mol. The Hall–Kier alpha value is -5.05. The lowest BCUT2D eigenvalue weighted by Crippen LogP contribution is -2.17. The smallest absolute Gasteiger partial charge is 0.226 e. The first kappa shape index (κ1) is 23.4. The summed E-state index contributed by atoms with van der Waals surface area (Å²) >= 11 is 0. The van der Waals surface area contributed by atoms with Gasteiger partial charge in [0.05, 0.1) is 23.1 Å². The van der Waals surface area contributed by atoms with E-state index in [0.717, 1.165) is 38.5 Å². The SMILES string of the molecule is CC(C)C(=O)Nc1cncc(-c2cnc3[nH]nc(-c4cc5c(-c6cccc(F)c6)cccc5n4N)c3c2)c1. The number of amides is 1. The third kappa shape index (κ3) is 4.03. The fourth-order valence-electron chi connectivity index (χ4n) is 4.55. The third-order valence-electron chi connectivity index (χ3n) is 6.54. The molecule has 0 aliphatic carbocycles. The zero-order valence-corrected chi connectivity index (χ0v) is 20.7. The minimum Gasteiger partial charge on any atom is -0.339 e. The van der Waals surface area contributed by atoms with Gasteiger partial charge in [-0.2, -0.15) is 5.10 Å². The molecular weight excluding hydrogens is 481 g/mol. The number of aromatic amines is 1. The number of rotatable bonds is 5. The molecule has 0 spiro atoms. The molecule has 188 valence electrons. The van der Waals surface area contributed by atoms with Crippen LogP contribution in [0, 0.1) is 11.7 Å². The zero-order valence-electron chi connectivity index (χ0n) is 20.7. The van der Waals surface area contributed by atoms with E-state index in [1.165, 1.54) is 12.1 Å². The second-order valence-electron chi connectivity index (χ2n) is 9.45. The molecule has 8 nitrogen and oxygen atoms in total. The Balaban J connectivity index is 1.45. The van der Waals surface area contributed by atoms with Gasteiger partial charge in [0.1, 0.15) is 11.5 Å². The molecule has 38 heavy (non-hydrogen) atoms. The molecule has 0 fully saturated rings. The predicted octanol–water partition coefficient (Wildman–Crippen LogP) is 5.76. The highest BCUT2D eigenvalue weighted by Gasteiger charge is 2.18. The Morgan fingerprint density at radius 3 is 2.61 bits per heavy atom. The van der Waals surface area contributed by atoms with Crippen molar-refractivity contribution in [1.29, 1.82) is 0 Å². The number of hydrogen-bond donors (Lipinski definition) is 3. The van der Waals surface area contributed by atoms with Crippen LogP contribution in [0.3, 0.4) is 0 Å². The first-order valence-electron chi connectivity index (χ1n) is 12.2. The monoisotopic (exact) mass is 505 g/mol. The fraction of sp³-hybridized carbons (Fsp3) is 0.103. The molecule has 6 rings (SSSR count). The molecule has 0 bridgehead atoms. The number of nitrogens with one attached hydrogen (secondary N) is 2. The quantitative estimate of drug-likeness (QED) is 0.258. The molecule has 0 aliphatic heterocycles. The van der Waals surface area contributed by atoms with E-state index in [2.05, 4.69) is 25.5 Å². The minimum atomic E-state index is -0.300. The highest BCUT2D eigenvalue weighted by Crippen LogP contribution is 2.36. The standard InChI is InChI=1S/C29H24FN7O/c1-16(2)29(38)34-21-10-18(13-32-15-21)19-11-24-27(35-36-28(24)33-14-19)26-12-23-22(7-4-8-25(23)37(26)31)17-5-3-6-20(30)9-17/h3-16H,31H2,1-2H3,(H,34,38)(H,33,35,36). The summed E-state index contributed by atoms with van der Waals surface area (Å²) < 4.78 is 15.5. The van der Waals surface area contributed by atoms with Gasteiger partial charge in [-0.15, -0.1) is 0 Å². The molecule has 0 saturated carbocycles. The molecule has 0 saturated heterocycles. The largest absolute Gasteiger partial charge is 0.339 e. The van der Waals surface area contributed by atoms with Crippen LogP contribution in [-0.2, 0) is 4.79 Å². The summed E-state index contributed by atoms with van der Waals surface area (Å²) in [6.45, 7) is 3.67. The maximum atomic E-state index is 14.0. The molecule has 0 unspecified atom stereocenters. The number of carbonyl (C=O) groups excluding carboxylic acids is 1. The van der Waals surface area contributed by atoms with Crippen molar-refractivity contribution in [2.75, 3.05) is 11.2 Å². The summed E-state index contributed by atoms with van der Waals surface area (Å²) in [5.74, 6) is 6.03. The number of fused-ring (bicyclic) bond motifs is 2. The lowest BCUT2D eigenvalue weighted by atomic mass is 10.0. The number of pyridine rings is 2. The number of hydrogen-bond acceptors (Lipinski definition) is 5. The van der Waals surface area contributed by atoms with Crippen molar-refractivity contribution in [3.05, 3.63) is 85.1 Å². The molecule has 1 amide bonds. The van der Waals surface area contributed by atoms with Crippen LogP contribution in [0.25, 0.3) is 55.6 Å². The number of benzene rings is 2. The van der Waals surface area contributed by atoms with Crippen LogP contribution < -0.4 is 11.2 Å². The van der Waals surface area contributed by atoms with Gasteiger partial charge in [-0.3, -0.25) is 19.6 Å². The summed E-state index contributed by atoms with van der Waals surface area (Å²) in [7, 11) is 0. The Bertz CT molecular complexity index is 1840. The second kappa shape index (κ2) is 9.11. The molecule has 4 heterocycles. The number of nitrogens with two attached hydrogens (primary N) is 1. The lowest BCUT2D eigenvalue weighted by Gasteiger charge is -2.09. The van der Waals surface area contributed by atoms with E-state index >= 15 is 0 Å². The molecule has 6 aromatic rings. The Morgan fingerprint density at radius 1 is 0.974 bits per heavy atom. The fourth-order valence-corrected chi connectivity index (χ4v) is 4.55. The van der Waals surface area contributed by atoms with Gasteiger partial charge in [-0.05, 0) is 47.5 Å². The minimum absolute atomic E-state index is 0.0805. The third-order valence-corrected chi connectivity index (χ3v) is 6.54. The number of anilines is 1. The lowest BCUT2D eigenvalue weighted by molar-refractivity contribution is -0.118. The van der Waals surface area contributed by atoms with Crippen LogP contribution in [0.2, 0.25) is 0 Å². The summed E-state index contributed by atoms with van der Waals surface area (Å²) in [6.07, 6.45) is 5.07. The summed E-state index contributed by atoms with van der Waals surface area (Å²) in [5, 5.41) is 12.1. The summed E-state index contributed by atoms with van der Waals surface area (Å²) in [5.41, 5.74) is 6.58. The van der Waals surface area contributed by atoms with Crippen molar-refractivity contribution < 1.29 is 9.18 Å². The molecule has 4 aromatic heterocycles. The van der Waals surface area contributed by atoms with Gasteiger partial charge >= 0.3 is 0 Å². The van der Waals surface area contributed by atoms with E-state index in [4.69, 9.17) is 5.84 Å². The molecule has 0 aliphatic rings. The van der Waals surface area contributed by atoms with Crippen LogP contribution in [-0.4, -0.2) is 30.7 Å². The van der Waals surface area contributed by atoms with E-state index < -0.39 is 0 Å². The van der Waals surface area contributed by atoms with E-state index in [1.54, 1.807) is 29.3 Å². The second-order valence-corrected chi connectivity index (χ2v) is 9.45. The van der Waals surface area contributed by atoms with Crippen LogP contribution in [0.5, 0.6) is 0 Å². The van der Waals surface area contributed by atoms with Gasteiger partial charge in [0.2, 0.25) is 5.91 Å². The maximum absolute atomic E-state index is 14.0. The average molecular weight is 506 g/mol. The number of aromatic nitrogens is 5.